The van der Waals surface area contributed by atoms with Gasteiger partial charge >= 0.3 is 5.97 Å². The van der Waals surface area contributed by atoms with Gasteiger partial charge in [0.1, 0.15) is 5.71 Å². The van der Waals surface area contributed by atoms with Crippen molar-refractivity contribution in [1.82, 2.24) is 0 Å². The predicted octanol–water partition coefficient (Wildman–Crippen LogP) is 4.63. The summed E-state index contributed by atoms with van der Waals surface area (Å²) in [6.45, 7) is 10.7. The first-order chi connectivity index (χ1) is 13.9. The monoisotopic (exact) mass is 386 g/mol. The molecule has 0 saturated carbocycles. The zero-order valence-corrected chi connectivity index (χ0v) is 16.4. The second-order valence-corrected chi connectivity index (χ2v) is 6.22. The Bertz CT molecular complexity index is 1010. The lowest BCUT2D eigenvalue weighted by Crippen LogP contribution is -2.13. The summed E-state index contributed by atoms with van der Waals surface area (Å²) in [7, 11) is 0. The van der Waals surface area contributed by atoms with Crippen LogP contribution in [0.4, 0.5) is 5.69 Å². The number of allylic oxidation sites excluding steroid dienone is 1. The van der Waals surface area contributed by atoms with Crippen molar-refractivity contribution in [2.24, 2.45) is 4.99 Å². The molecule has 0 aliphatic carbocycles. The molecule has 1 N–H and O–H groups in total. The van der Waals surface area contributed by atoms with Gasteiger partial charge in [0.2, 0.25) is 0 Å². The number of anilines is 1. The van der Waals surface area contributed by atoms with Crippen LogP contribution in [0.15, 0.2) is 79.0 Å². The van der Waals surface area contributed by atoms with Gasteiger partial charge in [-0.05, 0) is 68.3 Å². The maximum atomic E-state index is 12.5. The van der Waals surface area contributed by atoms with Gasteiger partial charge in [0.15, 0.2) is 0 Å². The predicted molar refractivity (Wildman–Crippen MR) is 116 cm³/mol. The maximum Gasteiger partial charge on any atom is 0.338 e. The number of benzene rings is 2. The molecule has 2 aromatic rings. The molecule has 0 spiro atoms. The van der Waals surface area contributed by atoms with E-state index in [-0.39, 0.29) is 12.0 Å². The van der Waals surface area contributed by atoms with Crippen molar-refractivity contribution in [2.45, 2.75) is 20.0 Å². The van der Waals surface area contributed by atoms with Crippen LogP contribution < -0.4 is 5.32 Å². The highest BCUT2D eigenvalue weighted by molar-refractivity contribution is 6.09. The zero-order valence-electron chi connectivity index (χ0n) is 16.4. The van der Waals surface area contributed by atoms with Crippen LogP contribution in [0.2, 0.25) is 0 Å². The van der Waals surface area contributed by atoms with E-state index in [1.165, 1.54) is 12.3 Å². The molecular weight excluding hydrogens is 364 g/mol. The van der Waals surface area contributed by atoms with Gasteiger partial charge in [-0.2, -0.15) is 0 Å². The average Bonchev–Trinajstić information content (AvgIpc) is 2.71. The summed E-state index contributed by atoms with van der Waals surface area (Å²) < 4.78 is 5.14. The highest BCUT2D eigenvalue weighted by Crippen LogP contribution is 2.13. The topological polar surface area (TPSA) is 67.8 Å². The van der Waals surface area contributed by atoms with Crippen molar-refractivity contribution in [3.05, 3.63) is 90.7 Å². The Hall–Kier alpha value is -3.91. The van der Waals surface area contributed by atoms with Gasteiger partial charge in [-0.1, -0.05) is 25.1 Å². The summed E-state index contributed by atoms with van der Waals surface area (Å²) in [5.41, 5.74) is 2.61. The van der Waals surface area contributed by atoms with Crippen molar-refractivity contribution in [3.8, 4) is 11.8 Å². The van der Waals surface area contributed by atoms with Crippen molar-refractivity contribution in [2.75, 3.05) is 5.32 Å². The minimum atomic E-state index is -0.400. The molecule has 2 rings (SSSR count). The van der Waals surface area contributed by atoms with E-state index in [4.69, 9.17) is 4.74 Å². The third-order valence-corrected chi connectivity index (χ3v) is 3.60. The SMILES string of the molecule is C=C/N=C(/C#Cc1cccc(C(=O)Nc2ccc(C(=O)OC(C)C)cc2)c1)C=C. The molecule has 0 atom stereocenters. The largest absolute Gasteiger partial charge is 0.459 e. The highest BCUT2D eigenvalue weighted by atomic mass is 16.5. The van der Waals surface area contributed by atoms with Gasteiger partial charge < -0.3 is 10.1 Å². The van der Waals surface area contributed by atoms with E-state index in [2.05, 4.69) is 35.3 Å². The first-order valence-corrected chi connectivity index (χ1v) is 8.98. The minimum absolute atomic E-state index is 0.192. The van der Waals surface area contributed by atoms with E-state index >= 15 is 0 Å². The molecule has 29 heavy (non-hydrogen) atoms. The molecule has 0 aliphatic heterocycles. The molecule has 0 radical (unpaired) electrons. The molecule has 0 saturated heterocycles. The third-order valence-electron chi connectivity index (χ3n) is 3.60. The van der Waals surface area contributed by atoms with E-state index < -0.39 is 5.97 Å². The van der Waals surface area contributed by atoms with E-state index in [9.17, 15) is 9.59 Å². The Morgan fingerprint density at radius 2 is 1.83 bits per heavy atom. The Labute approximate surface area is 170 Å². The number of esters is 1. The molecule has 1 amide bonds. The van der Waals surface area contributed by atoms with E-state index in [0.29, 0.717) is 28.1 Å². The smallest absolute Gasteiger partial charge is 0.338 e. The van der Waals surface area contributed by atoms with Gasteiger partial charge in [-0.25, -0.2) is 9.79 Å². The van der Waals surface area contributed by atoms with Crippen LogP contribution in [0.3, 0.4) is 0 Å². The second kappa shape index (κ2) is 10.4. The Morgan fingerprint density at radius 3 is 2.45 bits per heavy atom. The molecular formula is C24H22N2O3. The molecule has 146 valence electrons. The summed E-state index contributed by atoms with van der Waals surface area (Å²) in [5.74, 6) is 5.13. The van der Waals surface area contributed by atoms with Gasteiger partial charge in [0.25, 0.3) is 5.91 Å². The average molecular weight is 386 g/mol. The fourth-order valence-electron chi connectivity index (χ4n) is 2.28. The second-order valence-electron chi connectivity index (χ2n) is 6.22. The molecule has 2 aromatic carbocycles. The first-order valence-electron chi connectivity index (χ1n) is 8.98. The number of rotatable bonds is 6. The molecule has 0 heterocycles. The quantitative estimate of drug-likeness (QED) is 0.447. The van der Waals surface area contributed by atoms with Crippen LogP contribution in [0.1, 0.15) is 40.1 Å². The number of aliphatic imine (C=N–C) groups is 1. The van der Waals surface area contributed by atoms with Crippen LogP contribution in [0.5, 0.6) is 0 Å². The van der Waals surface area contributed by atoms with E-state index in [1.807, 2.05) is 0 Å². The lowest BCUT2D eigenvalue weighted by atomic mass is 10.1. The van der Waals surface area contributed by atoms with Crippen molar-refractivity contribution < 1.29 is 14.3 Å². The lowest BCUT2D eigenvalue weighted by Gasteiger charge is -2.09. The summed E-state index contributed by atoms with van der Waals surface area (Å²) >= 11 is 0. The highest BCUT2D eigenvalue weighted by Gasteiger charge is 2.10. The first kappa shape index (κ1) is 21.4. The number of nitrogens with zero attached hydrogens (tertiary/aromatic N) is 1. The molecule has 5 nitrogen and oxygen atoms in total. The van der Waals surface area contributed by atoms with Crippen molar-refractivity contribution in [1.29, 1.82) is 0 Å². The molecule has 5 heteroatoms. The number of amides is 1. The molecule has 0 unspecified atom stereocenters. The Morgan fingerprint density at radius 1 is 1.10 bits per heavy atom. The summed E-state index contributed by atoms with van der Waals surface area (Å²) in [4.78, 5) is 28.4. The lowest BCUT2D eigenvalue weighted by molar-refractivity contribution is 0.0378. The number of hydrogen-bond acceptors (Lipinski definition) is 4. The number of nitrogens with one attached hydrogen (secondary N) is 1. The number of carbonyl (C=O) groups is 2. The fraction of sp³-hybridized carbons (Fsp3) is 0.125. The van der Waals surface area contributed by atoms with Gasteiger partial charge in [-0.15, -0.1) is 0 Å². The van der Waals surface area contributed by atoms with E-state index in [1.54, 1.807) is 62.4 Å². The summed E-state index contributed by atoms with van der Waals surface area (Å²) in [6, 6.07) is 13.5. The number of ether oxygens (including phenoxy) is 1. The van der Waals surface area contributed by atoms with E-state index in [0.717, 1.165) is 0 Å². The fourth-order valence-corrected chi connectivity index (χ4v) is 2.28. The van der Waals surface area contributed by atoms with Crippen LogP contribution in [0.25, 0.3) is 0 Å². The van der Waals surface area contributed by atoms with Crippen molar-refractivity contribution >= 4 is 23.3 Å². The summed E-state index contributed by atoms with van der Waals surface area (Å²) in [5, 5.41) is 2.80. The minimum Gasteiger partial charge on any atom is -0.459 e. The van der Waals surface area contributed by atoms with Gasteiger partial charge in [0, 0.05) is 23.0 Å². The van der Waals surface area contributed by atoms with Crippen molar-refractivity contribution in [3.63, 3.8) is 0 Å². The van der Waals surface area contributed by atoms with Crippen LogP contribution in [-0.2, 0) is 4.74 Å². The number of carbonyl (C=O) groups excluding carboxylic acids is 2. The molecule has 0 aliphatic rings. The zero-order chi connectivity index (χ0) is 21.2. The Balaban J connectivity index is 2.11. The third kappa shape index (κ3) is 6.64. The maximum absolute atomic E-state index is 12.5. The molecule has 0 fully saturated rings. The molecule has 0 bridgehead atoms. The van der Waals surface area contributed by atoms with Crippen LogP contribution in [0, 0.1) is 11.8 Å². The van der Waals surface area contributed by atoms with Gasteiger partial charge in [-0.3, -0.25) is 4.79 Å². The van der Waals surface area contributed by atoms with Crippen LogP contribution >= 0.6 is 0 Å². The molecule has 0 aromatic heterocycles. The normalized spacial score (nSPS) is 10.5. The Kier molecular flexibility index (Phi) is 7.69. The van der Waals surface area contributed by atoms with Gasteiger partial charge in [0.05, 0.1) is 11.7 Å². The standard InChI is InChI=1S/C24H22N2O3/c1-5-21(25-6-2)13-10-18-8-7-9-20(16-18)23(27)26-22-14-11-19(12-15-22)24(28)29-17(3)4/h5-9,11-12,14-17H,1-2H2,3-4H3,(H,26,27)/b25-21+. The number of hydrogen-bond donors (Lipinski definition) is 1. The summed E-state index contributed by atoms with van der Waals surface area (Å²) in [6.07, 6.45) is 2.73. The van der Waals surface area contributed by atoms with Crippen LogP contribution in [-0.4, -0.2) is 23.7 Å².